The average Bonchev–Trinajstić information content (AvgIpc) is 2.43. The number of benzene rings is 1. The van der Waals surface area contributed by atoms with Gasteiger partial charge in [0.05, 0.1) is 3.57 Å². The van der Waals surface area contributed by atoms with Gasteiger partial charge in [0, 0.05) is 5.39 Å². The van der Waals surface area contributed by atoms with Crippen LogP contribution in [0.25, 0.3) is 11.0 Å². The molecule has 1 aromatic carbocycles. The zero-order valence-electron chi connectivity index (χ0n) is 7.65. The van der Waals surface area contributed by atoms with Crippen molar-refractivity contribution in [3.63, 3.8) is 0 Å². The molecule has 0 radical (unpaired) electrons. The maximum absolute atomic E-state index is 12.5. The topological polar surface area (TPSA) is 13.1 Å². The van der Waals surface area contributed by atoms with Gasteiger partial charge in [-0.05, 0) is 41.6 Å². The van der Waals surface area contributed by atoms with Crippen molar-refractivity contribution < 1.29 is 17.6 Å². The van der Waals surface area contributed by atoms with E-state index in [2.05, 4.69) is 0 Å². The lowest BCUT2D eigenvalue weighted by atomic mass is 10.2. The Labute approximate surface area is 97.4 Å². The summed E-state index contributed by atoms with van der Waals surface area (Å²) < 4.78 is 42.4. The summed E-state index contributed by atoms with van der Waals surface area (Å²) in [6.45, 7) is 1.83. The van der Waals surface area contributed by atoms with E-state index < -0.39 is 11.9 Å². The summed E-state index contributed by atoms with van der Waals surface area (Å²) in [6, 6.07) is 4.97. The number of fused-ring (bicyclic) bond motifs is 1. The zero-order chi connectivity index (χ0) is 11.2. The van der Waals surface area contributed by atoms with Crippen LogP contribution in [0.3, 0.4) is 0 Å². The largest absolute Gasteiger partial charge is 0.450 e. The number of rotatable bonds is 0. The van der Waals surface area contributed by atoms with Gasteiger partial charge in [-0.1, -0.05) is 11.6 Å². The SMILES string of the molecule is Cc1ccc2oc(C(F)(F)F)c(I)c2c1. The third-order valence-electron chi connectivity index (χ3n) is 2.04. The van der Waals surface area contributed by atoms with Crippen LogP contribution < -0.4 is 0 Å². The Morgan fingerprint density at radius 1 is 1.27 bits per heavy atom. The van der Waals surface area contributed by atoms with Crippen LogP contribution in [0.2, 0.25) is 0 Å². The van der Waals surface area contributed by atoms with Crippen molar-refractivity contribution in [3.8, 4) is 0 Å². The summed E-state index contributed by atoms with van der Waals surface area (Å²) >= 11 is 1.66. The van der Waals surface area contributed by atoms with Gasteiger partial charge in [-0.15, -0.1) is 0 Å². The Bertz CT molecular complexity index is 513. The molecule has 1 heterocycles. The first-order valence-electron chi connectivity index (χ1n) is 4.15. The van der Waals surface area contributed by atoms with Crippen molar-refractivity contribution in [2.45, 2.75) is 13.1 Å². The first-order valence-corrected chi connectivity index (χ1v) is 5.23. The van der Waals surface area contributed by atoms with Gasteiger partial charge in [0.2, 0.25) is 5.76 Å². The Morgan fingerprint density at radius 2 is 1.93 bits per heavy atom. The molecule has 1 nitrogen and oxygen atoms in total. The highest BCUT2D eigenvalue weighted by molar-refractivity contribution is 14.1. The fourth-order valence-electron chi connectivity index (χ4n) is 1.36. The number of hydrogen-bond donors (Lipinski definition) is 0. The van der Waals surface area contributed by atoms with Gasteiger partial charge in [0.1, 0.15) is 5.58 Å². The molecule has 0 fully saturated rings. The summed E-state index contributed by atoms with van der Waals surface area (Å²) in [5.74, 6) is -0.913. The molecule has 0 unspecified atom stereocenters. The Balaban J connectivity index is 2.76. The van der Waals surface area contributed by atoms with Crippen LogP contribution in [0.15, 0.2) is 22.6 Å². The number of aryl methyl sites for hydroxylation is 1. The van der Waals surface area contributed by atoms with E-state index in [1.807, 2.05) is 6.92 Å². The van der Waals surface area contributed by atoms with Crippen LogP contribution in [-0.2, 0) is 6.18 Å². The highest BCUT2D eigenvalue weighted by Gasteiger charge is 2.38. The number of hydrogen-bond acceptors (Lipinski definition) is 1. The lowest BCUT2D eigenvalue weighted by Gasteiger charge is -2.01. The summed E-state index contributed by atoms with van der Waals surface area (Å²) in [7, 11) is 0. The smallest absolute Gasteiger partial charge is 0.450 e. The first-order chi connectivity index (χ1) is 6.89. The lowest BCUT2D eigenvalue weighted by Crippen LogP contribution is -2.04. The second-order valence-corrected chi connectivity index (χ2v) is 4.32. The molecule has 0 N–H and O–H groups in total. The molecule has 0 bridgehead atoms. The maximum atomic E-state index is 12.5. The molecule has 2 rings (SSSR count). The van der Waals surface area contributed by atoms with Gasteiger partial charge in [-0.3, -0.25) is 0 Å². The number of alkyl halides is 3. The standard InChI is InChI=1S/C10H6F3IO/c1-5-2-3-7-6(4-5)8(14)9(15-7)10(11,12)13/h2-4H,1H3. The molecule has 0 amide bonds. The first kappa shape index (κ1) is 10.8. The second kappa shape index (κ2) is 3.40. The van der Waals surface area contributed by atoms with Crippen LogP contribution in [-0.4, -0.2) is 0 Å². The Morgan fingerprint density at radius 3 is 2.53 bits per heavy atom. The lowest BCUT2D eigenvalue weighted by molar-refractivity contribution is -0.153. The minimum atomic E-state index is -4.43. The van der Waals surface area contributed by atoms with Gasteiger partial charge in [-0.2, -0.15) is 13.2 Å². The Hall–Kier alpha value is -0.720. The fraction of sp³-hybridized carbons (Fsp3) is 0.200. The van der Waals surface area contributed by atoms with Gasteiger partial charge >= 0.3 is 6.18 Å². The summed E-state index contributed by atoms with van der Waals surface area (Å²) in [5.41, 5.74) is 1.19. The molecule has 1 aromatic heterocycles. The minimum absolute atomic E-state index is 0.124. The van der Waals surface area contributed by atoms with Gasteiger partial charge in [0.25, 0.3) is 0 Å². The van der Waals surface area contributed by atoms with E-state index in [9.17, 15) is 13.2 Å². The second-order valence-electron chi connectivity index (χ2n) is 3.24. The van der Waals surface area contributed by atoms with E-state index in [4.69, 9.17) is 4.42 Å². The molecule has 0 aliphatic carbocycles. The molecular weight excluding hydrogens is 320 g/mol. The molecule has 2 aromatic rings. The van der Waals surface area contributed by atoms with Crippen molar-refractivity contribution in [1.29, 1.82) is 0 Å². The maximum Gasteiger partial charge on any atom is 0.450 e. The third-order valence-corrected chi connectivity index (χ3v) is 3.11. The molecule has 0 atom stereocenters. The van der Waals surface area contributed by atoms with E-state index in [0.29, 0.717) is 5.39 Å². The summed E-state index contributed by atoms with van der Waals surface area (Å²) in [6.07, 6.45) is -4.43. The van der Waals surface area contributed by atoms with Crippen molar-refractivity contribution in [2.24, 2.45) is 0 Å². The molecule has 15 heavy (non-hydrogen) atoms. The van der Waals surface area contributed by atoms with Crippen LogP contribution in [0, 0.1) is 10.5 Å². The zero-order valence-corrected chi connectivity index (χ0v) is 9.81. The van der Waals surface area contributed by atoms with Crippen LogP contribution >= 0.6 is 22.6 Å². The normalized spacial score (nSPS) is 12.3. The molecule has 0 spiro atoms. The van der Waals surface area contributed by atoms with Crippen LogP contribution in [0.1, 0.15) is 11.3 Å². The monoisotopic (exact) mass is 326 g/mol. The summed E-state index contributed by atoms with van der Waals surface area (Å²) in [5, 5.41) is 0.517. The van der Waals surface area contributed by atoms with E-state index in [1.165, 1.54) is 0 Å². The van der Waals surface area contributed by atoms with Crippen LogP contribution in [0.4, 0.5) is 13.2 Å². The quantitative estimate of drug-likeness (QED) is 0.656. The minimum Gasteiger partial charge on any atom is -0.450 e. The molecule has 0 saturated heterocycles. The van der Waals surface area contributed by atoms with Gasteiger partial charge in [0.15, 0.2) is 0 Å². The van der Waals surface area contributed by atoms with E-state index in [-0.39, 0.29) is 9.15 Å². The predicted octanol–water partition coefficient (Wildman–Crippen LogP) is 4.36. The summed E-state index contributed by atoms with van der Waals surface area (Å²) in [4.78, 5) is 0. The van der Waals surface area contributed by atoms with Crippen molar-refractivity contribution in [2.75, 3.05) is 0 Å². The highest BCUT2D eigenvalue weighted by Crippen LogP contribution is 2.38. The third kappa shape index (κ3) is 1.84. The van der Waals surface area contributed by atoms with E-state index in [1.54, 1.807) is 40.8 Å². The number of halogens is 4. The number of furan rings is 1. The van der Waals surface area contributed by atoms with Crippen molar-refractivity contribution >= 4 is 33.6 Å². The average molecular weight is 326 g/mol. The predicted molar refractivity (Wildman–Crippen MR) is 58.7 cm³/mol. The van der Waals surface area contributed by atoms with Gasteiger partial charge < -0.3 is 4.42 Å². The highest BCUT2D eigenvalue weighted by atomic mass is 127. The van der Waals surface area contributed by atoms with Gasteiger partial charge in [-0.25, -0.2) is 0 Å². The Kier molecular flexibility index (Phi) is 2.44. The molecule has 0 saturated carbocycles. The van der Waals surface area contributed by atoms with Crippen LogP contribution in [0.5, 0.6) is 0 Å². The molecule has 80 valence electrons. The molecular formula is C10H6F3IO. The fourth-order valence-corrected chi connectivity index (χ4v) is 2.20. The molecule has 5 heteroatoms. The van der Waals surface area contributed by atoms with E-state index in [0.717, 1.165) is 5.56 Å². The molecule has 0 aliphatic rings. The van der Waals surface area contributed by atoms with Crippen molar-refractivity contribution in [1.82, 2.24) is 0 Å². The van der Waals surface area contributed by atoms with E-state index >= 15 is 0 Å². The van der Waals surface area contributed by atoms with Crippen molar-refractivity contribution in [3.05, 3.63) is 33.1 Å². The molecule has 0 aliphatic heterocycles.